The van der Waals surface area contributed by atoms with Gasteiger partial charge in [-0.15, -0.1) is 0 Å². The molecule has 0 spiro atoms. The molecule has 0 unspecified atom stereocenters. The summed E-state index contributed by atoms with van der Waals surface area (Å²) in [5.41, 5.74) is 2.62. The molecule has 7 nitrogen and oxygen atoms in total. The summed E-state index contributed by atoms with van der Waals surface area (Å²) >= 11 is 0. The molecule has 108 valence electrons. The molecule has 0 amide bonds. The zero-order valence-corrected chi connectivity index (χ0v) is 11.2. The topological polar surface area (TPSA) is 97.9 Å². The monoisotopic (exact) mass is 286 g/mol. The largest absolute Gasteiger partial charge is 0.619 e. The van der Waals surface area contributed by atoms with Crippen molar-refractivity contribution in [1.82, 2.24) is 14.5 Å². The third kappa shape index (κ3) is 2.50. The summed E-state index contributed by atoms with van der Waals surface area (Å²) in [6.07, 6.45) is 4.98. The number of nitrogens with one attached hydrogen (secondary N) is 1. The zero-order valence-electron chi connectivity index (χ0n) is 11.2. The average Bonchev–Trinajstić information content (AvgIpc) is 2.80. The average molecular weight is 286 g/mol. The van der Waals surface area contributed by atoms with Gasteiger partial charge in [0, 0.05) is 37.0 Å². The van der Waals surface area contributed by atoms with Crippen molar-refractivity contribution in [3.63, 3.8) is 0 Å². The van der Waals surface area contributed by atoms with Gasteiger partial charge in [0.25, 0.3) is 0 Å². The number of hydrogen-bond donors (Lipinski definition) is 2. The molecule has 0 saturated heterocycles. The first-order valence-electron chi connectivity index (χ1n) is 6.57. The van der Waals surface area contributed by atoms with E-state index in [0.29, 0.717) is 28.9 Å². The van der Waals surface area contributed by atoms with E-state index >= 15 is 0 Å². The molecule has 0 bridgehead atoms. The third-order valence-corrected chi connectivity index (χ3v) is 3.28. The number of aliphatic hydroxyl groups excluding tert-OH is 1. The summed E-state index contributed by atoms with van der Waals surface area (Å²) < 4.78 is 2.22. The molecule has 0 aliphatic carbocycles. The highest BCUT2D eigenvalue weighted by molar-refractivity contribution is 5.77. The Kier molecular flexibility index (Phi) is 3.41. The molecule has 0 aliphatic heterocycles. The summed E-state index contributed by atoms with van der Waals surface area (Å²) in [6.45, 7) is 0.444. The van der Waals surface area contributed by atoms with Crippen molar-refractivity contribution < 1.29 is 9.84 Å². The summed E-state index contributed by atoms with van der Waals surface area (Å²) in [5, 5.41) is 19.9. The molecule has 21 heavy (non-hydrogen) atoms. The van der Waals surface area contributed by atoms with Gasteiger partial charge in [-0.3, -0.25) is 4.57 Å². The number of aryl methyl sites for hydroxylation is 1. The maximum absolute atomic E-state index is 11.9. The fourth-order valence-electron chi connectivity index (χ4n) is 2.24. The number of nitrogens with zero attached hydrogens (tertiary/aromatic N) is 3. The van der Waals surface area contributed by atoms with Gasteiger partial charge in [0.1, 0.15) is 0 Å². The zero-order chi connectivity index (χ0) is 14.8. The maximum atomic E-state index is 11.9. The van der Waals surface area contributed by atoms with Crippen LogP contribution >= 0.6 is 0 Å². The number of rotatable bonds is 4. The molecule has 0 atom stereocenters. The lowest BCUT2D eigenvalue weighted by atomic mass is 10.1. The van der Waals surface area contributed by atoms with Crippen LogP contribution in [-0.4, -0.2) is 26.2 Å². The Bertz CT molecular complexity index is 820. The second kappa shape index (κ2) is 5.37. The second-order valence-corrected chi connectivity index (χ2v) is 4.70. The van der Waals surface area contributed by atoms with Crippen LogP contribution in [0.2, 0.25) is 0 Å². The minimum atomic E-state index is -0.242. The Labute approximate surface area is 119 Å². The van der Waals surface area contributed by atoms with Crippen LogP contribution in [0.5, 0.6) is 0 Å². The van der Waals surface area contributed by atoms with E-state index in [2.05, 4.69) is 9.97 Å². The standard InChI is InChI=1S/C14H14N4O3/c19-7-1-4-18-13-12(16-14(18)20)8-11(9-15-13)10-2-5-17(21)6-3-10/h2-3,5-6,8-9,19H,1,4,7H2,(H,16,20). The lowest BCUT2D eigenvalue weighted by molar-refractivity contribution is -0.605. The predicted molar refractivity (Wildman–Crippen MR) is 76.5 cm³/mol. The van der Waals surface area contributed by atoms with Gasteiger partial charge in [-0.2, -0.15) is 4.73 Å². The lowest BCUT2D eigenvalue weighted by Gasteiger charge is -2.03. The van der Waals surface area contributed by atoms with Crippen molar-refractivity contribution in [2.45, 2.75) is 13.0 Å². The van der Waals surface area contributed by atoms with Gasteiger partial charge >= 0.3 is 5.69 Å². The van der Waals surface area contributed by atoms with Crippen molar-refractivity contribution in [2.24, 2.45) is 0 Å². The van der Waals surface area contributed by atoms with Crippen LogP contribution in [0.4, 0.5) is 0 Å². The van der Waals surface area contributed by atoms with Crippen molar-refractivity contribution in [1.29, 1.82) is 0 Å². The van der Waals surface area contributed by atoms with E-state index in [1.807, 2.05) is 6.07 Å². The van der Waals surface area contributed by atoms with Gasteiger partial charge < -0.3 is 15.3 Å². The first kappa shape index (κ1) is 13.3. The van der Waals surface area contributed by atoms with Gasteiger partial charge in [0.05, 0.1) is 5.52 Å². The van der Waals surface area contributed by atoms with E-state index in [4.69, 9.17) is 5.11 Å². The highest BCUT2D eigenvalue weighted by atomic mass is 16.5. The number of imidazole rings is 1. The maximum Gasteiger partial charge on any atom is 0.327 e. The number of hydrogen-bond acceptors (Lipinski definition) is 4. The van der Waals surface area contributed by atoms with Crippen LogP contribution in [0.25, 0.3) is 22.3 Å². The molecular weight excluding hydrogens is 272 g/mol. The SMILES string of the molecule is O=c1[nH]c2cc(-c3cc[n+]([O-])cc3)cnc2n1CCCO. The lowest BCUT2D eigenvalue weighted by Crippen LogP contribution is -2.23. The number of fused-ring (bicyclic) bond motifs is 1. The Morgan fingerprint density at radius 2 is 2.10 bits per heavy atom. The fourth-order valence-corrected chi connectivity index (χ4v) is 2.24. The molecule has 0 saturated carbocycles. The molecule has 7 heteroatoms. The van der Waals surface area contributed by atoms with Crippen LogP contribution < -0.4 is 10.4 Å². The van der Waals surface area contributed by atoms with E-state index in [0.717, 1.165) is 11.1 Å². The van der Waals surface area contributed by atoms with Crippen LogP contribution in [0.1, 0.15) is 6.42 Å². The minimum absolute atomic E-state index is 0.0242. The first-order chi connectivity index (χ1) is 10.2. The van der Waals surface area contributed by atoms with E-state index < -0.39 is 0 Å². The van der Waals surface area contributed by atoms with Crippen LogP contribution in [-0.2, 0) is 6.54 Å². The smallest absolute Gasteiger partial charge is 0.327 e. The second-order valence-electron chi connectivity index (χ2n) is 4.70. The summed E-state index contributed by atoms with van der Waals surface area (Å²) in [6, 6.07) is 5.21. The van der Waals surface area contributed by atoms with Crippen LogP contribution in [0.3, 0.4) is 0 Å². The Morgan fingerprint density at radius 3 is 2.81 bits per heavy atom. The fraction of sp³-hybridized carbons (Fsp3) is 0.214. The van der Waals surface area contributed by atoms with Crippen molar-refractivity contribution in [3.8, 4) is 11.1 Å². The summed E-state index contributed by atoms with van der Waals surface area (Å²) in [7, 11) is 0. The van der Waals surface area contributed by atoms with Crippen molar-refractivity contribution >= 4 is 11.2 Å². The number of aromatic nitrogens is 4. The van der Waals surface area contributed by atoms with Gasteiger partial charge in [-0.05, 0) is 18.1 Å². The summed E-state index contributed by atoms with van der Waals surface area (Å²) in [5.74, 6) is 0. The summed E-state index contributed by atoms with van der Waals surface area (Å²) in [4.78, 5) is 19.0. The molecule has 3 aromatic heterocycles. The Morgan fingerprint density at radius 1 is 1.33 bits per heavy atom. The Balaban J connectivity index is 2.05. The number of aliphatic hydroxyl groups is 1. The Hall–Kier alpha value is -2.67. The number of pyridine rings is 2. The van der Waals surface area contributed by atoms with E-state index in [-0.39, 0.29) is 12.3 Å². The van der Waals surface area contributed by atoms with Gasteiger partial charge in [0.15, 0.2) is 18.0 Å². The van der Waals surface area contributed by atoms with E-state index in [1.54, 1.807) is 18.3 Å². The van der Waals surface area contributed by atoms with Gasteiger partial charge in [0.2, 0.25) is 0 Å². The van der Waals surface area contributed by atoms with Crippen LogP contribution in [0, 0.1) is 5.21 Å². The number of aromatic amines is 1. The molecular formula is C14H14N4O3. The molecule has 0 fully saturated rings. The molecule has 0 aromatic carbocycles. The molecule has 3 heterocycles. The van der Waals surface area contributed by atoms with Crippen molar-refractivity contribution in [3.05, 3.63) is 52.5 Å². The van der Waals surface area contributed by atoms with Gasteiger partial charge in [-0.25, -0.2) is 9.78 Å². The van der Waals surface area contributed by atoms with Crippen molar-refractivity contribution in [2.75, 3.05) is 6.61 Å². The number of H-pyrrole nitrogens is 1. The molecule has 2 N–H and O–H groups in total. The van der Waals surface area contributed by atoms with E-state index in [9.17, 15) is 10.0 Å². The van der Waals surface area contributed by atoms with Gasteiger partial charge in [-0.1, -0.05) is 0 Å². The molecule has 0 aliphatic rings. The highest BCUT2D eigenvalue weighted by Gasteiger charge is 2.09. The predicted octanol–water partition coefficient (Wildman–Crippen LogP) is 0.407. The third-order valence-electron chi connectivity index (χ3n) is 3.28. The van der Waals surface area contributed by atoms with E-state index in [1.165, 1.54) is 17.0 Å². The normalized spacial score (nSPS) is 11.1. The highest BCUT2D eigenvalue weighted by Crippen LogP contribution is 2.20. The molecule has 3 rings (SSSR count). The first-order valence-corrected chi connectivity index (χ1v) is 6.57. The molecule has 0 radical (unpaired) electrons. The molecule has 3 aromatic rings. The van der Waals surface area contributed by atoms with Crippen LogP contribution in [0.15, 0.2) is 41.6 Å². The minimum Gasteiger partial charge on any atom is -0.619 e. The quantitative estimate of drug-likeness (QED) is 0.536.